The summed E-state index contributed by atoms with van der Waals surface area (Å²) in [6, 6.07) is 9.84. The van der Waals surface area contributed by atoms with Gasteiger partial charge in [0.1, 0.15) is 5.76 Å². The van der Waals surface area contributed by atoms with E-state index in [0.717, 1.165) is 46.0 Å². The number of halogens is 1. The molecule has 0 N–H and O–H groups in total. The van der Waals surface area contributed by atoms with Crippen LogP contribution in [0.15, 0.2) is 46.2 Å². The van der Waals surface area contributed by atoms with E-state index in [1.54, 1.807) is 18.0 Å². The van der Waals surface area contributed by atoms with Crippen molar-refractivity contribution in [2.24, 2.45) is 0 Å². The summed E-state index contributed by atoms with van der Waals surface area (Å²) in [6.07, 6.45) is 2.71. The molecule has 4 nitrogen and oxygen atoms in total. The van der Waals surface area contributed by atoms with E-state index in [1.807, 2.05) is 37.3 Å². The second-order valence-corrected chi connectivity index (χ2v) is 6.64. The Bertz CT molecular complexity index is 779. The molecule has 2 aromatic heterocycles. The number of aryl methyl sites for hydroxylation is 1. The molecular weight excluding hydrogens is 330 g/mol. The van der Waals surface area contributed by atoms with Crippen molar-refractivity contribution in [1.82, 2.24) is 14.8 Å². The molecule has 2 heterocycles. The van der Waals surface area contributed by atoms with Crippen molar-refractivity contribution in [3.05, 3.63) is 52.9 Å². The Labute approximate surface area is 144 Å². The summed E-state index contributed by atoms with van der Waals surface area (Å²) < 4.78 is 7.57. The minimum absolute atomic E-state index is 0.755. The summed E-state index contributed by atoms with van der Waals surface area (Å²) in [5.74, 6) is 2.57. The van der Waals surface area contributed by atoms with E-state index < -0.39 is 0 Å². The van der Waals surface area contributed by atoms with E-state index in [-0.39, 0.29) is 0 Å². The van der Waals surface area contributed by atoms with E-state index >= 15 is 0 Å². The first-order valence-corrected chi connectivity index (χ1v) is 8.90. The van der Waals surface area contributed by atoms with Gasteiger partial charge in [0.15, 0.2) is 11.0 Å². The maximum absolute atomic E-state index is 5.93. The van der Waals surface area contributed by atoms with E-state index in [1.165, 1.54) is 5.56 Å². The Balaban J connectivity index is 1.83. The van der Waals surface area contributed by atoms with Gasteiger partial charge in [0, 0.05) is 17.3 Å². The summed E-state index contributed by atoms with van der Waals surface area (Å²) in [7, 11) is 0. The highest BCUT2D eigenvalue weighted by Gasteiger charge is 2.16. The van der Waals surface area contributed by atoms with E-state index in [0.29, 0.717) is 0 Å². The Kier molecular flexibility index (Phi) is 5.08. The van der Waals surface area contributed by atoms with Gasteiger partial charge in [-0.1, -0.05) is 42.4 Å². The molecular formula is C17H18ClN3OS. The Morgan fingerprint density at radius 1 is 1.17 bits per heavy atom. The van der Waals surface area contributed by atoms with Crippen LogP contribution in [0.1, 0.15) is 24.7 Å². The minimum Gasteiger partial charge on any atom is -0.469 e. The molecule has 3 rings (SSSR count). The molecule has 0 atom stereocenters. The fourth-order valence-electron chi connectivity index (χ4n) is 2.37. The molecule has 0 unspecified atom stereocenters. The SMILES string of the molecule is CCCn1c(SCc2ccc(Cl)cc2)nnc1-c1ccoc1C. The second-order valence-electron chi connectivity index (χ2n) is 5.26. The average molecular weight is 348 g/mol. The third-order valence-electron chi connectivity index (χ3n) is 3.54. The lowest BCUT2D eigenvalue weighted by atomic mass is 10.2. The number of nitrogens with zero attached hydrogens (tertiary/aromatic N) is 3. The van der Waals surface area contributed by atoms with Crippen LogP contribution < -0.4 is 0 Å². The van der Waals surface area contributed by atoms with Gasteiger partial charge >= 0.3 is 0 Å². The molecule has 0 saturated carbocycles. The van der Waals surface area contributed by atoms with Gasteiger partial charge < -0.3 is 8.98 Å². The van der Waals surface area contributed by atoms with Crippen LogP contribution in [0, 0.1) is 6.92 Å². The largest absolute Gasteiger partial charge is 0.469 e. The monoisotopic (exact) mass is 347 g/mol. The quantitative estimate of drug-likeness (QED) is 0.575. The van der Waals surface area contributed by atoms with Crippen LogP contribution in [0.3, 0.4) is 0 Å². The van der Waals surface area contributed by atoms with E-state index in [9.17, 15) is 0 Å². The molecule has 3 aromatic rings. The number of thioether (sulfide) groups is 1. The number of hydrogen-bond acceptors (Lipinski definition) is 4. The van der Waals surface area contributed by atoms with Crippen molar-refractivity contribution in [3.8, 4) is 11.4 Å². The number of benzene rings is 1. The maximum Gasteiger partial charge on any atom is 0.191 e. The first-order chi connectivity index (χ1) is 11.2. The molecule has 0 amide bonds. The molecule has 0 aliphatic heterocycles. The number of furan rings is 1. The van der Waals surface area contributed by atoms with Crippen molar-refractivity contribution < 1.29 is 4.42 Å². The predicted molar refractivity (Wildman–Crippen MR) is 93.8 cm³/mol. The number of rotatable bonds is 6. The average Bonchev–Trinajstić information content (AvgIpc) is 3.13. The van der Waals surface area contributed by atoms with Crippen LogP contribution in [-0.2, 0) is 12.3 Å². The standard InChI is InChI=1S/C17H18ClN3OS/c1-3-9-21-16(15-8-10-22-12(15)2)19-20-17(21)23-11-13-4-6-14(18)7-5-13/h4-8,10H,3,9,11H2,1-2H3. The zero-order chi connectivity index (χ0) is 16.2. The van der Waals surface area contributed by atoms with Gasteiger partial charge in [-0.2, -0.15) is 0 Å². The molecule has 0 radical (unpaired) electrons. The van der Waals surface area contributed by atoms with E-state index in [2.05, 4.69) is 21.7 Å². The third-order valence-corrected chi connectivity index (χ3v) is 4.83. The summed E-state index contributed by atoms with van der Waals surface area (Å²) in [5, 5.41) is 10.4. The van der Waals surface area contributed by atoms with Gasteiger partial charge in [-0.25, -0.2) is 0 Å². The zero-order valence-corrected chi connectivity index (χ0v) is 14.7. The summed E-state index contributed by atoms with van der Waals surface area (Å²) in [6.45, 7) is 4.98. The van der Waals surface area contributed by atoms with Crippen LogP contribution in [0.4, 0.5) is 0 Å². The molecule has 0 bridgehead atoms. The molecule has 6 heteroatoms. The van der Waals surface area contributed by atoms with Crippen molar-refractivity contribution >= 4 is 23.4 Å². The Morgan fingerprint density at radius 3 is 2.61 bits per heavy atom. The van der Waals surface area contributed by atoms with Crippen molar-refractivity contribution in [2.75, 3.05) is 0 Å². The summed E-state index contributed by atoms with van der Waals surface area (Å²) in [4.78, 5) is 0. The molecule has 0 aliphatic carbocycles. The fraction of sp³-hybridized carbons (Fsp3) is 0.294. The first kappa shape index (κ1) is 16.1. The lowest BCUT2D eigenvalue weighted by Gasteiger charge is -2.08. The highest BCUT2D eigenvalue weighted by Crippen LogP contribution is 2.29. The maximum atomic E-state index is 5.93. The zero-order valence-electron chi connectivity index (χ0n) is 13.1. The number of hydrogen-bond donors (Lipinski definition) is 0. The first-order valence-electron chi connectivity index (χ1n) is 7.54. The highest BCUT2D eigenvalue weighted by molar-refractivity contribution is 7.98. The van der Waals surface area contributed by atoms with Crippen LogP contribution in [0.25, 0.3) is 11.4 Å². The highest BCUT2D eigenvalue weighted by atomic mass is 35.5. The molecule has 0 fully saturated rings. The third kappa shape index (κ3) is 3.62. The fourth-order valence-corrected chi connectivity index (χ4v) is 3.41. The van der Waals surface area contributed by atoms with Gasteiger partial charge in [-0.05, 0) is 37.1 Å². The normalized spacial score (nSPS) is 11.1. The molecule has 23 heavy (non-hydrogen) atoms. The Hall–Kier alpha value is -1.72. The summed E-state index contributed by atoms with van der Waals surface area (Å²) >= 11 is 7.61. The van der Waals surface area contributed by atoms with Crippen LogP contribution in [-0.4, -0.2) is 14.8 Å². The lowest BCUT2D eigenvalue weighted by Crippen LogP contribution is -2.02. The van der Waals surface area contributed by atoms with Crippen LogP contribution >= 0.6 is 23.4 Å². The Morgan fingerprint density at radius 2 is 1.96 bits per heavy atom. The van der Waals surface area contributed by atoms with Crippen LogP contribution in [0.2, 0.25) is 5.02 Å². The second kappa shape index (κ2) is 7.23. The van der Waals surface area contributed by atoms with Crippen LogP contribution in [0.5, 0.6) is 0 Å². The van der Waals surface area contributed by atoms with Gasteiger partial charge in [-0.3, -0.25) is 0 Å². The smallest absolute Gasteiger partial charge is 0.191 e. The molecule has 0 spiro atoms. The van der Waals surface area contributed by atoms with E-state index in [4.69, 9.17) is 16.0 Å². The number of aromatic nitrogens is 3. The molecule has 0 aliphatic rings. The minimum atomic E-state index is 0.755. The van der Waals surface area contributed by atoms with Gasteiger partial charge in [0.2, 0.25) is 0 Å². The van der Waals surface area contributed by atoms with Crippen molar-refractivity contribution in [1.29, 1.82) is 0 Å². The molecule has 1 aromatic carbocycles. The summed E-state index contributed by atoms with van der Waals surface area (Å²) in [5.41, 5.74) is 2.22. The molecule has 0 saturated heterocycles. The topological polar surface area (TPSA) is 43.9 Å². The van der Waals surface area contributed by atoms with Gasteiger partial charge in [-0.15, -0.1) is 10.2 Å². The van der Waals surface area contributed by atoms with Crippen molar-refractivity contribution in [3.63, 3.8) is 0 Å². The van der Waals surface area contributed by atoms with Gasteiger partial charge in [0.05, 0.1) is 11.8 Å². The van der Waals surface area contributed by atoms with Gasteiger partial charge in [0.25, 0.3) is 0 Å². The molecule has 120 valence electrons. The van der Waals surface area contributed by atoms with Crippen molar-refractivity contribution in [2.45, 2.75) is 37.7 Å². The lowest BCUT2D eigenvalue weighted by molar-refractivity contribution is 0.534. The predicted octanol–water partition coefficient (Wildman–Crippen LogP) is 5.20.